The van der Waals surface area contributed by atoms with Crippen LogP contribution in [0.3, 0.4) is 0 Å². The fraction of sp³-hybridized carbons (Fsp3) is 0.235. The van der Waals surface area contributed by atoms with Crippen molar-refractivity contribution in [2.45, 2.75) is 25.9 Å². The maximum Gasteiger partial charge on any atom is 0.305 e. The van der Waals surface area contributed by atoms with E-state index in [2.05, 4.69) is 21.2 Å². The third-order valence-corrected chi connectivity index (χ3v) is 3.79. The largest absolute Gasteiger partial charge is 0.481 e. The lowest BCUT2D eigenvalue weighted by atomic mass is 10.0. The van der Waals surface area contributed by atoms with E-state index in [0.717, 1.165) is 15.6 Å². The lowest BCUT2D eigenvalue weighted by Gasteiger charge is -2.18. The molecule has 0 saturated carbocycles. The molecular formula is C17H18BrNO2. The van der Waals surface area contributed by atoms with E-state index in [9.17, 15) is 4.79 Å². The van der Waals surface area contributed by atoms with E-state index in [1.165, 1.54) is 5.56 Å². The van der Waals surface area contributed by atoms with Gasteiger partial charge >= 0.3 is 5.97 Å². The van der Waals surface area contributed by atoms with E-state index in [-0.39, 0.29) is 12.5 Å². The summed E-state index contributed by atoms with van der Waals surface area (Å²) < 4.78 is 1.02. The van der Waals surface area contributed by atoms with Crippen molar-refractivity contribution in [3.8, 4) is 0 Å². The summed E-state index contributed by atoms with van der Waals surface area (Å²) in [4.78, 5) is 11.1. The van der Waals surface area contributed by atoms with Crippen molar-refractivity contribution in [3.63, 3.8) is 0 Å². The lowest BCUT2D eigenvalue weighted by Crippen LogP contribution is -2.23. The molecule has 2 rings (SSSR count). The number of hydrogen-bond donors (Lipinski definition) is 2. The Kier molecular flexibility index (Phi) is 5.53. The van der Waals surface area contributed by atoms with Crippen molar-refractivity contribution >= 4 is 21.9 Å². The Bertz CT molecular complexity index is 610. The molecule has 2 N–H and O–H groups in total. The van der Waals surface area contributed by atoms with Crippen LogP contribution < -0.4 is 5.32 Å². The quantitative estimate of drug-likeness (QED) is 0.828. The first-order valence-corrected chi connectivity index (χ1v) is 7.60. The Labute approximate surface area is 133 Å². The number of benzene rings is 2. The third-order valence-electron chi connectivity index (χ3n) is 3.30. The molecular weight excluding hydrogens is 330 g/mol. The van der Waals surface area contributed by atoms with Gasteiger partial charge in [0.2, 0.25) is 0 Å². The number of nitrogens with one attached hydrogen (secondary N) is 1. The summed E-state index contributed by atoms with van der Waals surface area (Å²) in [6, 6.07) is 15.8. The molecule has 0 aromatic heterocycles. The molecule has 3 nitrogen and oxygen atoms in total. The van der Waals surface area contributed by atoms with Gasteiger partial charge in [0.05, 0.1) is 6.42 Å². The average Bonchev–Trinajstić information content (AvgIpc) is 2.44. The number of carboxylic acid groups (broad SMARTS) is 1. The molecule has 0 saturated heterocycles. The molecule has 0 aliphatic heterocycles. The molecule has 0 fully saturated rings. The van der Waals surface area contributed by atoms with Crippen LogP contribution in [0.25, 0.3) is 0 Å². The number of rotatable bonds is 6. The number of halogens is 1. The summed E-state index contributed by atoms with van der Waals surface area (Å²) in [5.41, 5.74) is 3.28. The highest BCUT2D eigenvalue weighted by Gasteiger charge is 2.14. The minimum atomic E-state index is -0.803. The maximum atomic E-state index is 11.1. The Hall–Kier alpha value is -1.65. The Balaban J connectivity index is 2.09. The predicted octanol–water partition coefficient (Wildman–Crippen LogP) is 4.06. The summed E-state index contributed by atoms with van der Waals surface area (Å²) in [7, 11) is 0. The number of carbonyl (C=O) groups is 1. The summed E-state index contributed by atoms with van der Waals surface area (Å²) in [5, 5.41) is 12.4. The van der Waals surface area contributed by atoms with Gasteiger partial charge in [0, 0.05) is 17.1 Å². The molecule has 110 valence electrons. The van der Waals surface area contributed by atoms with Crippen LogP contribution in [0.15, 0.2) is 53.0 Å². The second-order valence-corrected chi connectivity index (χ2v) is 5.99. The van der Waals surface area contributed by atoms with Gasteiger partial charge in [-0.25, -0.2) is 0 Å². The van der Waals surface area contributed by atoms with E-state index in [0.29, 0.717) is 6.54 Å². The van der Waals surface area contributed by atoms with E-state index in [4.69, 9.17) is 5.11 Å². The standard InChI is InChI=1S/C17H18BrNO2/c1-12-5-7-14(8-6-12)16(10-17(20)21)19-11-13-3-2-4-15(18)9-13/h2-9,16,19H,10-11H2,1H3,(H,20,21)/t16-/m1/s1. The normalized spacial score (nSPS) is 12.1. The van der Waals surface area contributed by atoms with Crippen molar-refractivity contribution in [2.75, 3.05) is 0 Å². The highest BCUT2D eigenvalue weighted by molar-refractivity contribution is 9.10. The molecule has 0 spiro atoms. The van der Waals surface area contributed by atoms with Gasteiger partial charge in [-0.2, -0.15) is 0 Å². The van der Waals surface area contributed by atoms with Crippen LogP contribution in [0, 0.1) is 6.92 Å². The molecule has 4 heteroatoms. The zero-order valence-electron chi connectivity index (χ0n) is 11.8. The van der Waals surface area contributed by atoms with Gasteiger partial charge in [-0.3, -0.25) is 4.79 Å². The molecule has 2 aromatic rings. The second kappa shape index (κ2) is 7.38. The van der Waals surface area contributed by atoms with Crippen molar-refractivity contribution in [3.05, 3.63) is 69.7 Å². The molecule has 2 aromatic carbocycles. The van der Waals surface area contributed by atoms with Gasteiger partial charge in [-0.15, -0.1) is 0 Å². The smallest absolute Gasteiger partial charge is 0.305 e. The molecule has 0 aliphatic carbocycles. The highest BCUT2D eigenvalue weighted by atomic mass is 79.9. The fourth-order valence-electron chi connectivity index (χ4n) is 2.17. The zero-order valence-corrected chi connectivity index (χ0v) is 13.4. The Morgan fingerprint density at radius 1 is 1.24 bits per heavy atom. The minimum absolute atomic E-state index is 0.0665. The zero-order chi connectivity index (χ0) is 15.2. The highest BCUT2D eigenvalue weighted by Crippen LogP contribution is 2.19. The van der Waals surface area contributed by atoms with Crippen LogP contribution in [-0.4, -0.2) is 11.1 Å². The molecule has 0 heterocycles. The summed E-state index contributed by atoms with van der Waals surface area (Å²) in [5.74, 6) is -0.803. The molecule has 0 unspecified atom stereocenters. The SMILES string of the molecule is Cc1ccc([C@@H](CC(=O)O)NCc2cccc(Br)c2)cc1. The Morgan fingerprint density at radius 3 is 2.57 bits per heavy atom. The van der Waals surface area contributed by atoms with Gasteiger partial charge in [0.1, 0.15) is 0 Å². The van der Waals surface area contributed by atoms with Gasteiger partial charge in [0.15, 0.2) is 0 Å². The Morgan fingerprint density at radius 2 is 1.95 bits per heavy atom. The summed E-state index contributed by atoms with van der Waals surface area (Å²) in [6.07, 6.45) is 0.0665. The first-order valence-electron chi connectivity index (χ1n) is 6.81. The van der Waals surface area contributed by atoms with Crippen molar-refractivity contribution in [1.29, 1.82) is 0 Å². The number of carboxylic acids is 1. The number of aryl methyl sites for hydroxylation is 1. The lowest BCUT2D eigenvalue weighted by molar-refractivity contribution is -0.137. The summed E-state index contributed by atoms with van der Waals surface area (Å²) in [6.45, 7) is 2.65. The van der Waals surface area contributed by atoms with Crippen LogP contribution >= 0.6 is 15.9 Å². The van der Waals surface area contributed by atoms with Crippen LogP contribution in [0.5, 0.6) is 0 Å². The van der Waals surface area contributed by atoms with Crippen LogP contribution in [0.4, 0.5) is 0 Å². The van der Waals surface area contributed by atoms with Crippen LogP contribution in [0.2, 0.25) is 0 Å². The number of aliphatic carboxylic acids is 1. The molecule has 0 aliphatic rings. The predicted molar refractivity (Wildman–Crippen MR) is 87.2 cm³/mol. The van der Waals surface area contributed by atoms with Gasteiger partial charge < -0.3 is 10.4 Å². The second-order valence-electron chi connectivity index (χ2n) is 5.07. The monoisotopic (exact) mass is 347 g/mol. The van der Waals surface area contributed by atoms with Gasteiger partial charge in [-0.1, -0.05) is 57.9 Å². The van der Waals surface area contributed by atoms with E-state index >= 15 is 0 Å². The van der Waals surface area contributed by atoms with Crippen molar-refractivity contribution in [2.24, 2.45) is 0 Å². The van der Waals surface area contributed by atoms with E-state index in [1.807, 2.05) is 55.5 Å². The molecule has 1 atom stereocenters. The molecule has 0 amide bonds. The van der Waals surface area contributed by atoms with Crippen molar-refractivity contribution < 1.29 is 9.90 Å². The van der Waals surface area contributed by atoms with Gasteiger partial charge in [0.25, 0.3) is 0 Å². The van der Waals surface area contributed by atoms with Crippen LogP contribution in [-0.2, 0) is 11.3 Å². The molecule has 0 radical (unpaired) electrons. The number of hydrogen-bond acceptors (Lipinski definition) is 2. The van der Waals surface area contributed by atoms with E-state index in [1.54, 1.807) is 0 Å². The van der Waals surface area contributed by atoms with Crippen molar-refractivity contribution in [1.82, 2.24) is 5.32 Å². The minimum Gasteiger partial charge on any atom is -0.481 e. The van der Waals surface area contributed by atoms with Crippen LogP contribution in [0.1, 0.15) is 29.2 Å². The molecule has 0 bridgehead atoms. The maximum absolute atomic E-state index is 11.1. The molecule has 21 heavy (non-hydrogen) atoms. The first kappa shape index (κ1) is 15.7. The van der Waals surface area contributed by atoms with E-state index < -0.39 is 5.97 Å². The fourth-order valence-corrected chi connectivity index (χ4v) is 2.62. The first-order chi connectivity index (χ1) is 10.0. The van der Waals surface area contributed by atoms with Gasteiger partial charge in [-0.05, 0) is 30.2 Å². The third kappa shape index (κ3) is 4.99. The summed E-state index contributed by atoms with van der Waals surface area (Å²) >= 11 is 3.44. The average molecular weight is 348 g/mol. The topological polar surface area (TPSA) is 49.3 Å².